The van der Waals surface area contributed by atoms with Gasteiger partial charge in [0, 0.05) is 31.1 Å². The van der Waals surface area contributed by atoms with Gasteiger partial charge in [-0.3, -0.25) is 9.48 Å². The van der Waals surface area contributed by atoms with Crippen LogP contribution < -0.4 is 10.6 Å². The van der Waals surface area contributed by atoms with Gasteiger partial charge in [0.05, 0.1) is 34.3 Å². The number of hydrogen-bond acceptors (Lipinski definition) is 5. The summed E-state index contributed by atoms with van der Waals surface area (Å²) in [5.41, 5.74) is -1.98. The zero-order chi connectivity index (χ0) is 30.9. The fourth-order valence-corrected chi connectivity index (χ4v) is 5.90. The Kier molecular flexibility index (Phi) is 8.45. The topological polar surface area (TPSA) is 91.6 Å². The molecule has 2 N–H and O–H groups in total. The van der Waals surface area contributed by atoms with Gasteiger partial charge in [0.15, 0.2) is 5.17 Å². The maximum Gasteiger partial charge on any atom is 0.416 e. The fourth-order valence-electron chi connectivity index (χ4n) is 4.93. The van der Waals surface area contributed by atoms with Crippen molar-refractivity contribution in [3.63, 3.8) is 0 Å². The lowest BCUT2D eigenvalue weighted by molar-refractivity contribution is -0.143. The minimum Gasteiger partial charge on any atom is -0.351 e. The summed E-state index contributed by atoms with van der Waals surface area (Å²) in [6, 6.07) is 6.41. The van der Waals surface area contributed by atoms with Gasteiger partial charge in [-0.05, 0) is 73.0 Å². The summed E-state index contributed by atoms with van der Waals surface area (Å²) >= 11 is 1.24. The quantitative estimate of drug-likeness (QED) is 0.274. The Balaban J connectivity index is 1.27. The Bertz CT molecular complexity index is 1610. The lowest BCUT2D eigenvalue weighted by atomic mass is 10.0. The minimum absolute atomic E-state index is 0.0347. The Hall–Kier alpha value is -4.01. The van der Waals surface area contributed by atoms with Crippen molar-refractivity contribution >= 4 is 45.8 Å². The number of amides is 3. The molecular weight excluding hydrogens is 598 g/mol. The van der Waals surface area contributed by atoms with E-state index >= 15 is 0 Å². The molecule has 3 aromatic rings. The van der Waals surface area contributed by atoms with E-state index in [0.29, 0.717) is 65.1 Å². The number of amidine groups is 1. The standard InChI is InChI=1S/C28H26F6N6O2S/c1-2-35-25(42)37-20-7-9-39(10-8-20)26-38-24(41)23(43-26)12-16-3-6-22-18(11-16)14-36-40(22)15-17-4-5-19(27(29,30)31)13-21(17)28(32,33)34/h3-6,11-14,20H,2,7-10,15H2,1H3,(H2,35,37,42)/b23-12-. The van der Waals surface area contributed by atoms with Crippen LogP contribution in [0.4, 0.5) is 31.1 Å². The molecule has 0 radical (unpaired) electrons. The lowest BCUT2D eigenvalue weighted by Crippen LogP contribution is -2.48. The van der Waals surface area contributed by atoms with Crippen LogP contribution in [0.2, 0.25) is 0 Å². The van der Waals surface area contributed by atoms with Crippen LogP contribution in [0.1, 0.15) is 42.0 Å². The highest BCUT2D eigenvalue weighted by molar-refractivity contribution is 8.18. The maximum atomic E-state index is 13.6. The molecule has 0 bridgehead atoms. The largest absolute Gasteiger partial charge is 0.416 e. The normalized spacial score (nSPS) is 17.6. The van der Waals surface area contributed by atoms with Crippen LogP contribution in [0.3, 0.4) is 0 Å². The third-order valence-corrected chi connectivity index (χ3v) is 8.12. The van der Waals surface area contributed by atoms with E-state index in [1.165, 1.54) is 22.6 Å². The number of nitrogens with one attached hydrogen (secondary N) is 2. The first-order valence-electron chi connectivity index (χ1n) is 13.4. The first-order chi connectivity index (χ1) is 20.3. The van der Waals surface area contributed by atoms with Gasteiger partial charge >= 0.3 is 18.4 Å². The van der Waals surface area contributed by atoms with Crippen LogP contribution in [-0.4, -0.2) is 57.5 Å². The molecule has 1 aromatic heterocycles. The smallest absolute Gasteiger partial charge is 0.351 e. The molecule has 43 heavy (non-hydrogen) atoms. The van der Waals surface area contributed by atoms with E-state index < -0.39 is 30.0 Å². The van der Waals surface area contributed by atoms with Crippen molar-refractivity contribution in [2.75, 3.05) is 19.6 Å². The molecule has 1 saturated heterocycles. The Morgan fingerprint density at radius 3 is 2.49 bits per heavy atom. The Morgan fingerprint density at radius 1 is 1.07 bits per heavy atom. The van der Waals surface area contributed by atoms with Gasteiger partial charge in [-0.25, -0.2) is 4.79 Å². The van der Waals surface area contributed by atoms with Crippen molar-refractivity contribution < 1.29 is 35.9 Å². The molecule has 0 atom stereocenters. The number of hydrogen-bond donors (Lipinski definition) is 2. The Morgan fingerprint density at radius 2 is 1.81 bits per heavy atom. The number of aromatic nitrogens is 2. The summed E-state index contributed by atoms with van der Waals surface area (Å²) in [4.78, 5) is 31.0. The second kappa shape index (κ2) is 11.9. The van der Waals surface area contributed by atoms with E-state index in [9.17, 15) is 35.9 Å². The van der Waals surface area contributed by atoms with Crippen LogP contribution in [0.15, 0.2) is 52.5 Å². The van der Waals surface area contributed by atoms with Crippen LogP contribution in [0, 0.1) is 0 Å². The van der Waals surface area contributed by atoms with Crippen molar-refractivity contribution in [3.8, 4) is 0 Å². The molecule has 3 amide bonds. The average Bonchev–Trinajstić information content (AvgIpc) is 3.50. The first-order valence-corrected chi connectivity index (χ1v) is 14.2. The molecule has 5 rings (SSSR count). The van der Waals surface area contributed by atoms with E-state index in [-0.39, 0.29) is 29.6 Å². The number of fused-ring (bicyclic) bond motifs is 1. The number of thioether (sulfide) groups is 1. The summed E-state index contributed by atoms with van der Waals surface area (Å²) in [6.07, 6.45) is -5.36. The maximum absolute atomic E-state index is 13.6. The second-order valence-corrected chi connectivity index (χ2v) is 11.1. The van der Waals surface area contributed by atoms with E-state index in [4.69, 9.17) is 0 Å². The summed E-state index contributed by atoms with van der Waals surface area (Å²) in [7, 11) is 0. The van der Waals surface area contributed by atoms with Crippen molar-refractivity contribution in [3.05, 3.63) is 69.8 Å². The predicted molar refractivity (Wildman–Crippen MR) is 150 cm³/mol. The highest BCUT2D eigenvalue weighted by Crippen LogP contribution is 2.38. The van der Waals surface area contributed by atoms with Crippen molar-refractivity contribution in [2.24, 2.45) is 4.99 Å². The number of nitrogens with zero attached hydrogens (tertiary/aromatic N) is 4. The number of rotatable bonds is 5. The number of piperidine rings is 1. The number of aliphatic imine (C=N–C) groups is 1. The molecule has 228 valence electrons. The Labute approximate surface area is 246 Å². The zero-order valence-electron chi connectivity index (χ0n) is 22.7. The lowest BCUT2D eigenvalue weighted by Gasteiger charge is -2.33. The highest BCUT2D eigenvalue weighted by atomic mass is 32.2. The molecule has 0 unspecified atom stereocenters. The van der Waals surface area contributed by atoms with Crippen molar-refractivity contribution in [1.82, 2.24) is 25.3 Å². The number of benzene rings is 2. The average molecular weight is 625 g/mol. The summed E-state index contributed by atoms with van der Waals surface area (Å²) in [5.74, 6) is -0.389. The summed E-state index contributed by atoms with van der Waals surface area (Å²) in [6.45, 7) is 3.25. The van der Waals surface area contributed by atoms with Crippen LogP contribution in [-0.2, 0) is 23.7 Å². The van der Waals surface area contributed by atoms with Gasteiger partial charge in [-0.2, -0.15) is 36.4 Å². The minimum atomic E-state index is -4.98. The zero-order valence-corrected chi connectivity index (χ0v) is 23.5. The third kappa shape index (κ3) is 6.98. The van der Waals surface area contributed by atoms with Crippen molar-refractivity contribution in [1.29, 1.82) is 0 Å². The van der Waals surface area contributed by atoms with Gasteiger partial charge in [0.25, 0.3) is 5.91 Å². The number of alkyl halides is 6. The van der Waals surface area contributed by atoms with E-state index in [1.807, 2.05) is 11.8 Å². The number of carbonyl (C=O) groups is 2. The molecule has 8 nitrogen and oxygen atoms in total. The first kappa shape index (κ1) is 30.4. The predicted octanol–water partition coefficient (Wildman–Crippen LogP) is 5.88. The highest BCUT2D eigenvalue weighted by Gasteiger charge is 2.38. The number of carbonyl (C=O) groups excluding carboxylic acids is 2. The van der Waals surface area contributed by atoms with E-state index in [2.05, 4.69) is 20.7 Å². The summed E-state index contributed by atoms with van der Waals surface area (Å²) in [5, 5.41) is 10.9. The SMILES string of the molecule is CCNC(=O)NC1CCN(C2=NC(=O)/C(=C/c3ccc4c(cnn4Cc4ccc(C(F)(F)F)cc4C(F)(F)F)c3)S2)CC1. The molecule has 0 spiro atoms. The van der Waals surface area contributed by atoms with Crippen LogP contribution in [0.25, 0.3) is 17.0 Å². The van der Waals surface area contributed by atoms with Gasteiger partial charge in [-0.1, -0.05) is 12.1 Å². The van der Waals surface area contributed by atoms with Gasteiger partial charge in [0.2, 0.25) is 0 Å². The number of likely N-dealkylation sites (tertiary alicyclic amines) is 1. The second-order valence-electron chi connectivity index (χ2n) is 10.1. The molecule has 1 fully saturated rings. The monoisotopic (exact) mass is 624 g/mol. The molecule has 15 heteroatoms. The van der Waals surface area contributed by atoms with Gasteiger partial charge in [0.1, 0.15) is 0 Å². The number of urea groups is 1. The van der Waals surface area contributed by atoms with Gasteiger partial charge in [-0.15, -0.1) is 0 Å². The molecule has 2 aliphatic rings. The molecule has 0 aliphatic carbocycles. The summed E-state index contributed by atoms with van der Waals surface area (Å²) < 4.78 is 81.2. The number of halogens is 6. The van der Waals surface area contributed by atoms with Crippen molar-refractivity contribution in [2.45, 2.75) is 44.7 Å². The van der Waals surface area contributed by atoms with Crippen LogP contribution in [0.5, 0.6) is 0 Å². The van der Waals surface area contributed by atoms with E-state index in [0.717, 1.165) is 6.07 Å². The molecular formula is C28H26F6N6O2S. The van der Waals surface area contributed by atoms with E-state index in [1.54, 1.807) is 24.3 Å². The van der Waals surface area contributed by atoms with Gasteiger partial charge < -0.3 is 15.5 Å². The molecule has 0 saturated carbocycles. The molecule has 2 aliphatic heterocycles. The molecule has 3 heterocycles. The van der Waals surface area contributed by atoms with Crippen LogP contribution >= 0.6 is 11.8 Å². The fraction of sp³-hybridized carbons (Fsp3) is 0.357. The third-order valence-electron chi connectivity index (χ3n) is 7.07. The molecule has 2 aromatic carbocycles.